The lowest BCUT2D eigenvalue weighted by molar-refractivity contribution is 0.627. The van der Waals surface area contributed by atoms with E-state index >= 15 is 0 Å². The minimum atomic E-state index is -0.458. The Bertz CT molecular complexity index is 691. The van der Waals surface area contributed by atoms with Gasteiger partial charge in [-0.15, -0.1) is 0 Å². The first-order valence-electron chi connectivity index (χ1n) is 6.14. The van der Waals surface area contributed by atoms with E-state index in [2.05, 4.69) is 15.3 Å². The summed E-state index contributed by atoms with van der Waals surface area (Å²) in [5.74, 6) is 1.06. The van der Waals surface area contributed by atoms with E-state index in [1.807, 2.05) is 13.0 Å². The van der Waals surface area contributed by atoms with Crippen LogP contribution in [0.2, 0.25) is 0 Å². The molecule has 5 nitrogen and oxygen atoms in total. The van der Waals surface area contributed by atoms with Crippen LogP contribution in [0, 0.1) is 24.1 Å². The van der Waals surface area contributed by atoms with E-state index in [1.165, 1.54) is 18.2 Å². The highest BCUT2D eigenvalue weighted by molar-refractivity contribution is 5.68. The fraction of sp³-hybridized carbons (Fsp3) is 0.214. The predicted molar refractivity (Wildman–Crippen MR) is 75.0 cm³/mol. The fourth-order valence-corrected chi connectivity index (χ4v) is 1.71. The number of halogens is 1. The molecule has 0 atom stereocenters. The number of nitriles is 1. The molecule has 0 amide bonds. The Morgan fingerprint density at radius 3 is 2.80 bits per heavy atom. The summed E-state index contributed by atoms with van der Waals surface area (Å²) in [5.41, 5.74) is 7.21. The van der Waals surface area contributed by atoms with Gasteiger partial charge in [0.15, 0.2) is 0 Å². The standard InChI is InChI=1S/C14H14FN5/c1-3-12-19-13(17)8(2)14(20-12)18-11-5-4-10(15)6-9(11)7-16/h4-6H,3H2,1-2H3,(H3,17,18,19,20). The normalized spacial score (nSPS) is 10.1. The Hall–Kier alpha value is -2.68. The summed E-state index contributed by atoms with van der Waals surface area (Å²) in [5, 5.41) is 12.0. The molecule has 0 saturated carbocycles. The lowest BCUT2D eigenvalue weighted by Gasteiger charge is -2.12. The summed E-state index contributed by atoms with van der Waals surface area (Å²) in [6, 6.07) is 5.89. The molecule has 6 heteroatoms. The molecule has 0 aliphatic heterocycles. The third kappa shape index (κ3) is 2.67. The third-order valence-electron chi connectivity index (χ3n) is 2.90. The number of aryl methyl sites for hydroxylation is 1. The minimum absolute atomic E-state index is 0.208. The lowest BCUT2D eigenvalue weighted by atomic mass is 10.2. The van der Waals surface area contributed by atoms with Gasteiger partial charge in [-0.3, -0.25) is 0 Å². The van der Waals surface area contributed by atoms with Crippen LogP contribution in [0.4, 0.5) is 21.7 Å². The van der Waals surface area contributed by atoms with Gasteiger partial charge in [-0.05, 0) is 25.1 Å². The average Bonchev–Trinajstić information content (AvgIpc) is 2.45. The average molecular weight is 271 g/mol. The van der Waals surface area contributed by atoms with Gasteiger partial charge in [0.2, 0.25) is 0 Å². The number of benzene rings is 1. The first-order chi connectivity index (χ1) is 9.55. The number of hydrogen-bond donors (Lipinski definition) is 2. The van der Waals surface area contributed by atoms with E-state index in [0.29, 0.717) is 35.1 Å². The van der Waals surface area contributed by atoms with Crippen molar-refractivity contribution in [3.63, 3.8) is 0 Å². The lowest BCUT2D eigenvalue weighted by Crippen LogP contribution is -2.07. The van der Waals surface area contributed by atoms with E-state index in [-0.39, 0.29) is 5.56 Å². The summed E-state index contributed by atoms with van der Waals surface area (Å²) in [4.78, 5) is 8.49. The summed E-state index contributed by atoms with van der Waals surface area (Å²) < 4.78 is 13.1. The summed E-state index contributed by atoms with van der Waals surface area (Å²) in [6.07, 6.45) is 0.647. The van der Waals surface area contributed by atoms with Gasteiger partial charge in [-0.2, -0.15) is 5.26 Å². The highest BCUT2D eigenvalue weighted by Gasteiger charge is 2.10. The van der Waals surface area contributed by atoms with Gasteiger partial charge in [0.25, 0.3) is 0 Å². The van der Waals surface area contributed by atoms with Crippen molar-refractivity contribution >= 4 is 17.3 Å². The Kier molecular flexibility index (Phi) is 3.80. The molecule has 0 aliphatic rings. The predicted octanol–water partition coefficient (Wildman–Crippen LogP) is 2.68. The van der Waals surface area contributed by atoms with Crippen LogP contribution in [0.25, 0.3) is 0 Å². The number of hydrogen-bond acceptors (Lipinski definition) is 5. The second-order valence-electron chi connectivity index (χ2n) is 4.28. The first-order valence-corrected chi connectivity index (χ1v) is 6.14. The van der Waals surface area contributed by atoms with Crippen LogP contribution < -0.4 is 11.1 Å². The van der Waals surface area contributed by atoms with Gasteiger partial charge in [0, 0.05) is 12.0 Å². The van der Waals surface area contributed by atoms with Crippen LogP contribution in [-0.2, 0) is 6.42 Å². The molecule has 0 spiro atoms. The van der Waals surface area contributed by atoms with Crippen molar-refractivity contribution in [1.82, 2.24) is 9.97 Å². The van der Waals surface area contributed by atoms with Crippen molar-refractivity contribution in [1.29, 1.82) is 5.26 Å². The van der Waals surface area contributed by atoms with Gasteiger partial charge in [-0.25, -0.2) is 14.4 Å². The van der Waals surface area contributed by atoms with E-state index in [9.17, 15) is 4.39 Å². The maximum Gasteiger partial charge on any atom is 0.139 e. The number of nitrogens with zero attached hydrogens (tertiary/aromatic N) is 3. The van der Waals surface area contributed by atoms with Crippen molar-refractivity contribution < 1.29 is 4.39 Å². The Morgan fingerprint density at radius 2 is 2.15 bits per heavy atom. The van der Waals surface area contributed by atoms with E-state index < -0.39 is 5.82 Å². The smallest absolute Gasteiger partial charge is 0.139 e. The molecule has 1 heterocycles. The van der Waals surface area contributed by atoms with Crippen LogP contribution in [0.1, 0.15) is 23.9 Å². The number of nitrogen functional groups attached to an aromatic ring is 1. The van der Waals surface area contributed by atoms with Crippen molar-refractivity contribution in [2.45, 2.75) is 20.3 Å². The molecular weight excluding hydrogens is 257 g/mol. The summed E-state index contributed by atoms with van der Waals surface area (Å²) >= 11 is 0. The molecule has 0 bridgehead atoms. The number of nitrogens with one attached hydrogen (secondary N) is 1. The monoisotopic (exact) mass is 271 g/mol. The largest absolute Gasteiger partial charge is 0.383 e. The molecule has 102 valence electrons. The fourth-order valence-electron chi connectivity index (χ4n) is 1.71. The van der Waals surface area contributed by atoms with Crippen LogP contribution in [0.5, 0.6) is 0 Å². The van der Waals surface area contributed by atoms with E-state index in [0.717, 1.165) is 0 Å². The molecule has 0 unspecified atom stereocenters. The Labute approximate surface area is 116 Å². The number of nitrogens with two attached hydrogens (primary N) is 1. The van der Waals surface area contributed by atoms with Crippen molar-refractivity contribution in [2.24, 2.45) is 0 Å². The second-order valence-corrected chi connectivity index (χ2v) is 4.28. The maximum absolute atomic E-state index is 13.1. The summed E-state index contributed by atoms with van der Waals surface area (Å²) in [6.45, 7) is 3.71. The number of rotatable bonds is 3. The molecule has 0 radical (unpaired) electrons. The molecule has 20 heavy (non-hydrogen) atoms. The van der Waals surface area contributed by atoms with Gasteiger partial charge in [0.1, 0.15) is 29.3 Å². The van der Waals surface area contributed by atoms with Crippen molar-refractivity contribution in [2.75, 3.05) is 11.1 Å². The molecule has 1 aromatic heterocycles. The molecule has 1 aromatic carbocycles. The number of anilines is 3. The van der Waals surface area contributed by atoms with Gasteiger partial charge < -0.3 is 11.1 Å². The van der Waals surface area contributed by atoms with Crippen LogP contribution in [-0.4, -0.2) is 9.97 Å². The first kappa shape index (κ1) is 13.7. The molecule has 2 rings (SSSR count). The maximum atomic E-state index is 13.1. The zero-order chi connectivity index (χ0) is 14.7. The molecule has 0 fully saturated rings. The molecule has 3 N–H and O–H groups in total. The minimum Gasteiger partial charge on any atom is -0.383 e. The van der Waals surface area contributed by atoms with E-state index in [4.69, 9.17) is 11.0 Å². The Balaban J connectivity index is 2.45. The zero-order valence-electron chi connectivity index (χ0n) is 11.2. The third-order valence-corrected chi connectivity index (χ3v) is 2.90. The molecule has 2 aromatic rings. The van der Waals surface area contributed by atoms with Crippen LogP contribution >= 0.6 is 0 Å². The highest BCUT2D eigenvalue weighted by atomic mass is 19.1. The van der Waals surface area contributed by atoms with Crippen LogP contribution in [0.3, 0.4) is 0 Å². The van der Waals surface area contributed by atoms with Gasteiger partial charge >= 0.3 is 0 Å². The molecular formula is C14H14FN5. The highest BCUT2D eigenvalue weighted by Crippen LogP contribution is 2.24. The van der Waals surface area contributed by atoms with E-state index in [1.54, 1.807) is 6.92 Å². The quantitative estimate of drug-likeness (QED) is 0.896. The second kappa shape index (κ2) is 5.53. The summed E-state index contributed by atoms with van der Waals surface area (Å²) in [7, 11) is 0. The Morgan fingerprint density at radius 1 is 1.40 bits per heavy atom. The van der Waals surface area contributed by atoms with Crippen molar-refractivity contribution in [3.05, 3.63) is 41.0 Å². The zero-order valence-corrected chi connectivity index (χ0v) is 11.2. The number of aromatic nitrogens is 2. The van der Waals surface area contributed by atoms with Gasteiger partial charge in [0.05, 0.1) is 11.3 Å². The topological polar surface area (TPSA) is 87.6 Å². The molecule has 0 saturated heterocycles. The van der Waals surface area contributed by atoms with Crippen LogP contribution in [0.15, 0.2) is 18.2 Å². The van der Waals surface area contributed by atoms with Gasteiger partial charge in [-0.1, -0.05) is 6.92 Å². The SMILES string of the molecule is CCc1nc(N)c(C)c(Nc2ccc(F)cc2C#N)n1. The molecule has 0 aliphatic carbocycles. The van der Waals surface area contributed by atoms with Crippen molar-refractivity contribution in [3.8, 4) is 6.07 Å².